The maximum absolute atomic E-state index is 5.14. The summed E-state index contributed by atoms with van der Waals surface area (Å²) in [7, 11) is 0. The van der Waals surface area contributed by atoms with Crippen LogP contribution in [0.3, 0.4) is 0 Å². The van der Waals surface area contributed by atoms with Crippen molar-refractivity contribution in [1.29, 1.82) is 0 Å². The minimum Gasteiger partial charge on any atom is -0.309 e. The van der Waals surface area contributed by atoms with E-state index in [1.54, 1.807) is 0 Å². The van der Waals surface area contributed by atoms with Gasteiger partial charge in [-0.1, -0.05) is 117 Å². The molecule has 3 heterocycles. The Morgan fingerprint density at radius 1 is 0.674 bits per heavy atom. The van der Waals surface area contributed by atoms with E-state index in [0.29, 0.717) is 0 Å². The lowest BCUT2D eigenvalue weighted by Crippen LogP contribution is -2.26. The standard InChI is InChI=1S/C43H35N3/c1-4-34(26-27-36-29-33-16-12-18-38-42(33)46(36)40-20-11-9-17-37(40)43(38,2)3)45(41-28-23-32-15-8-10-19-39(32)44-41)35-24-21-31(22-25-35)30-13-6-5-7-14-30/h4-29H,1-3H3/b27-26-,34-4+. The maximum Gasteiger partial charge on any atom is 0.138 e. The summed E-state index contributed by atoms with van der Waals surface area (Å²) in [6, 6.07) is 49.7. The average Bonchev–Trinajstić information content (AvgIpc) is 3.48. The van der Waals surface area contributed by atoms with Gasteiger partial charge < -0.3 is 4.57 Å². The van der Waals surface area contributed by atoms with E-state index in [1.807, 2.05) is 6.07 Å². The van der Waals surface area contributed by atoms with Gasteiger partial charge in [0.25, 0.3) is 0 Å². The molecule has 0 amide bonds. The zero-order chi connectivity index (χ0) is 31.3. The molecule has 0 atom stereocenters. The Morgan fingerprint density at radius 2 is 1.37 bits per heavy atom. The monoisotopic (exact) mass is 593 g/mol. The van der Waals surface area contributed by atoms with Gasteiger partial charge in [-0.2, -0.15) is 0 Å². The highest BCUT2D eigenvalue weighted by Gasteiger charge is 2.34. The number of pyridine rings is 1. The van der Waals surface area contributed by atoms with Crippen LogP contribution in [0.5, 0.6) is 0 Å². The first-order chi connectivity index (χ1) is 22.5. The molecule has 0 unspecified atom stereocenters. The topological polar surface area (TPSA) is 21.1 Å². The van der Waals surface area contributed by atoms with Crippen LogP contribution in [-0.2, 0) is 5.41 Å². The Hall–Kier alpha value is -5.67. The lowest BCUT2D eigenvalue weighted by molar-refractivity contribution is 0.628. The third-order valence-corrected chi connectivity index (χ3v) is 9.37. The summed E-state index contributed by atoms with van der Waals surface area (Å²) in [6.07, 6.45) is 6.64. The summed E-state index contributed by atoms with van der Waals surface area (Å²) in [6.45, 7) is 6.77. The van der Waals surface area contributed by atoms with Crippen molar-refractivity contribution in [2.45, 2.75) is 26.2 Å². The Kier molecular flexibility index (Phi) is 6.69. The van der Waals surface area contributed by atoms with Crippen molar-refractivity contribution >= 4 is 39.4 Å². The minimum absolute atomic E-state index is 0.0790. The van der Waals surface area contributed by atoms with E-state index < -0.39 is 0 Å². The predicted molar refractivity (Wildman–Crippen MR) is 194 cm³/mol. The summed E-state index contributed by atoms with van der Waals surface area (Å²) < 4.78 is 2.43. The summed E-state index contributed by atoms with van der Waals surface area (Å²) in [4.78, 5) is 7.39. The van der Waals surface area contributed by atoms with Gasteiger partial charge >= 0.3 is 0 Å². The van der Waals surface area contributed by atoms with Gasteiger partial charge in [0.05, 0.1) is 16.7 Å². The fourth-order valence-corrected chi connectivity index (χ4v) is 7.01. The molecule has 3 nitrogen and oxygen atoms in total. The molecular formula is C43H35N3. The molecule has 0 radical (unpaired) electrons. The first-order valence-electron chi connectivity index (χ1n) is 15.9. The summed E-state index contributed by atoms with van der Waals surface area (Å²) in [5.41, 5.74) is 11.7. The Bertz CT molecular complexity index is 2290. The molecule has 2 aromatic heterocycles. The summed E-state index contributed by atoms with van der Waals surface area (Å²) in [5, 5.41) is 2.38. The second kappa shape index (κ2) is 11.0. The van der Waals surface area contributed by atoms with Crippen LogP contribution in [0, 0.1) is 0 Å². The molecule has 0 saturated carbocycles. The molecule has 8 rings (SSSR count). The fourth-order valence-electron chi connectivity index (χ4n) is 7.01. The lowest BCUT2D eigenvalue weighted by Gasteiger charge is -2.34. The van der Waals surface area contributed by atoms with Gasteiger partial charge in [0, 0.05) is 33.3 Å². The van der Waals surface area contributed by atoms with Gasteiger partial charge in [-0.05, 0) is 83.8 Å². The third kappa shape index (κ3) is 4.55. The van der Waals surface area contributed by atoms with E-state index in [9.17, 15) is 0 Å². The highest BCUT2D eigenvalue weighted by Crippen LogP contribution is 2.45. The zero-order valence-corrected chi connectivity index (χ0v) is 26.4. The van der Waals surface area contributed by atoms with E-state index in [2.05, 4.69) is 182 Å². The highest BCUT2D eigenvalue weighted by atomic mass is 15.2. The van der Waals surface area contributed by atoms with Crippen LogP contribution in [0.2, 0.25) is 0 Å². The SMILES string of the molecule is C/C=C(\C=C/c1cc2cccc3c2n1-c1ccccc1C3(C)C)N(c1ccc(-c2ccccc2)cc1)c1ccc2ccccc2n1. The smallest absolute Gasteiger partial charge is 0.138 e. The maximum atomic E-state index is 5.14. The van der Waals surface area contributed by atoms with Crippen LogP contribution in [0.15, 0.2) is 157 Å². The van der Waals surface area contributed by atoms with E-state index in [1.165, 1.54) is 38.8 Å². The van der Waals surface area contributed by atoms with Crippen LogP contribution >= 0.6 is 0 Å². The number of para-hydroxylation sites is 3. The molecule has 1 aliphatic rings. The van der Waals surface area contributed by atoms with E-state index in [-0.39, 0.29) is 5.41 Å². The highest BCUT2D eigenvalue weighted by molar-refractivity contribution is 5.92. The average molecular weight is 594 g/mol. The molecule has 46 heavy (non-hydrogen) atoms. The van der Waals surface area contributed by atoms with Crippen LogP contribution in [-0.4, -0.2) is 9.55 Å². The number of hydrogen-bond donors (Lipinski definition) is 0. The Balaban J connectivity index is 1.26. The Labute approximate surface area is 270 Å². The Morgan fingerprint density at radius 3 is 2.20 bits per heavy atom. The number of fused-ring (bicyclic) bond motifs is 3. The van der Waals surface area contributed by atoms with Gasteiger partial charge in [-0.3, -0.25) is 4.90 Å². The van der Waals surface area contributed by atoms with Gasteiger partial charge in [0.15, 0.2) is 0 Å². The normalized spacial score (nSPS) is 13.8. The number of aromatic nitrogens is 2. The summed E-state index contributed by atoms with van der Waals surface area (Å²) in [5.74, 6) is 0.875. The zero-order valence-electron chi connectivity index (χ0n) is 26.4. The van der Waals surface area contributed by atoms with Gasteiger partial charge in [-0.15, -0.1) is 0 Å². The molecule has 0 spiro atoms. The van der Waals surface area contributed by atoms with Gasteiger partial charge in [-0.25, -0.2) is 4.98 Å². The number of hydrogen-bond acceptors (Lipinski definition) is 2. The van der Waals surface area contributed by atoms with Crippen LogP contribution in [0.4, 0.5) is 11.5 Å². The van der Waals surface area contributed by atoms with Crippen LogP contribution < -0.4 is 4.90 Å². The number of nitrogens with zero attached hydrogens (tertiary/aromatic N) is 3. The molecule has 0 bridgehead atoms. The second-order valence-corrected chi connectivity index (χ2v) is 12.4. The van der Waals surface area contributed by atoms with Crippen molar-refractivity contribution in [2.75, 3.05) is 4.90 Å². The molecule has 0 N–H and O–H groups in total. The van der Waals surface area contributed by atoms with Crippen molar-refractivity contribution in [3.05, 3.63) is 174 Å². The second-order valence-electron chi connectivity index (χ2n) is 12.4. The van der Waals surface area contributed by atoms with Gasteiger partial charge in [0.1, 0.15) is 5.82 Å². The van der Waals surface area contributed by atoms with E-state index in [0.717, 1.165) is 33.8 Å². The molecule has 5 aromatic carbocycles. The van der Waals surface area contributed by atoms with Crippen LogP contribution in [0.1, 0.15) is 37.6 Å². The number of benzene rings is 5. The van der Waals surface area contributed by atoms with Crippen molar-refractivity contribution in [3.8, 4) is 16.8 Å². The molecule has 222 valence electrons. The lowest BCUT2D eigenvalue weighted by atomic mass is 9.75. The van der Waals surface area contributed by atoms with Crippen LogP contribution in [0.25, 0.3) is 44.7 Å². The van der Waals surface area contributed by atoms with Crippen molar-refractivity contribution < 1.29 is 0 Å². The van der Waals surface area contributed by atoms with E-state index in [4.69, 9.17) is 4.98 Å². The quantitative estimate of drug-likeness (QED) is 0.179. The number of rotatable bonds is 6. The summed E-state index contributed by atoms with van der Waals surface area (Å²) >= 11 is 0. The third-order valence-electron chi connectivity index (χ3n) is 9.37. The van der Waals surface area contributed by atoms with Crippen molar-refractivity contribution in [2.24, 2.45) is 0 Å². The molecule has 3 heteroatoms. The molecular weight excluding hydrogens is 558 g/mol. The molecule has 1 aliphatic heterocycles. The molecule has 0 fully saturated rings. The first kappa shape index (κ1) is 27.8. The number of allylic oxidation sites excluding steroid dienone is 2. The predicted octanol–water partition coefficient (Wildman–Crippen LogP) is 11.2. The molecule has 7 aromatic rings. The number of anilines is 2. The van der Waals surface area contributed by atoms with E-state index >= 15 is 0 Å². The fraction of sp³-hybridized carbons (Fsp3) is 0.0930. The largest absolute Gasteiger partial charge is 0.309 e. The van der Waals surface area contributed by atoms with Gasteiger partial charge in [0.2, 0.25) is 0 Å². The van der Waals surface area contributed by atoms with Crippen molar-refractivity contribution in [1.82, 2.24) is 9.55 Å². The molecule has 0 saturated heterocycles. The molecule has 0 aliphatic carbocycles. The van der Waals surface area contributed by atoms with Crippen molar-refractivity contribution in [3.63, 3.8) is 0 Å². The minimum atomic E-state index is -0.0790. The first-order valence-corrected chi connectivity index (χ1v) is 15.9.